The minimum Gasteiger partial charge on any atom is -0.309 e. The van der Waals surface area contributed by atoms with Gasteiger partial charge in [0, 0.05) is 32.9 Å². The molecule has 0 aliphatic heterocycles. The van der Waals surface area contributed by atoms with E-state index in [1.54, 1.807) is 0 Å². The summed E-state index contributed by atoms with van der Waals surface area (Å²) in [5.41, 5.74) is 21.4. The molecule has 15 aromatic rings. The maximum Gasteiger partial charge on any atom is 0.0541 e. The van der Waals surface area contributed by atoms with Crippen LogP contribution in [-0.2, 0) is 0 Å². The number of para-hydroxylation sites is 4. The Balaban J connectivity index is 1.00. The summed E-state index contributed by atoms with van der Waals surface area (Å²) in [4.78, 5) is 0. The number of nitrogens with zero attached hydrogens (tertiary/aromatic N) is 2. The summed E-state index contributed by atoms with van der Waals surface area (Å²) in [6.07, 6.45) is 0. The summed E-state index contributed by atoms with van der Waals surface area (Å²) >= 11 is 0. The van der Waals surface area contributed by atoms with Crippen molar-refractivity contribution >= 4 is 65.2 Å². The molecule has 0 amide bonds. The third kappa shape index (κ3) is 7.18. The van der Waals surface area contributed by atoms with E-state index >= 15 is 0 Å². The predicted molar refractivity (Wildman–Crippen MR) is 323 cm³/mol. The van der Waals surface area contributed by atoms with Crippen LogP contribution in [0.5, 0.6) is 0 Å². The van der Waals surface area contributed by atoms with E-state index in [0.29, 0.717) is 0 Å². The van der Waals surface area contributed by atoms with Crippen LogP contribution in [0.15, 0.2) is 291 Å². The molecule has 13 aromatic carbocycles. The van der Waals surface area contributed by atoms with E-state index in [1.165, 1.54) is 132 Å². The standard InChI is InChI=1S/C74H48N2/c1-5-19-49(20-6-1)51-23-17-25-57(43-51)73-63-39-35-54(56-38-42-72-66(46-56)62-32-14-16-34-70(62)76(72)60-29-11-4-12-30-60)48-68(63)74(58-26-18-24-52(44-58)50-21-7-2-8-22-50)64-40-36-53(47-67(64)73)55-37-41-71-65(45-55)61-31-13-15-33-69(61)75(71)59-27-9-3-10-28-59/h1-48H. The van der Waals surface area contributed by atoms with Crippen molar-refractivity contribution in [3.8, 4) is 78.1 Å². The molecule has 354 valence electrons. The maximum absolute atomic E-state index is 2.46. The molecule has 0 unspecified atom stereocenters. The van der Waals surface area contributed by atoms with Crippen LogP contribution < -0.4 is 0 Å². The van der Waals surface area contributed by atoms with Gasteiger partial charge in [0.2, 0.25) is 0 Å². The van der Waals surface area contributed by atoms with Gasteiger partial charge in [0.25, 0.3) is 0 Å². The Morgan fingerprint density at radius 1 is 0.158 bits per heavy atom. The fraction of sp³-hybridized carbons (Fsp3) is 0. The molecule has 0 spiro atoms. The minimum atomic E-state index is 1.16. The average molecular weight is 965 g/mol. The van der Waals surface area contributed by atoms with Crippen molar-refractivity contribution in [1.82, 2.24) is 9.13 Å². The van der Waals surface area contributed by atoms with Gasteiger partial charge < -0.3 is 9.13 Å². The third-order valence-corrected chi connectivity index (χ3v) is 15.7. The van der Waals surface area contributed by atoms with Gasteiger partial charge in [-0.25, -0.2) is 0 Å². The normalized spacial score (nSPS) is 11.7. The van der Waals surface area contributed by atoms with Crippen molar-refractivity contribution in [2.75, 3.05) is 0 Å². The molecule has 0 fully saturated rings. The Morgan fingerprint density at radius 3 is 0.882 bits per heavy atom. The summed E-state index contributed by atoms with van der Waals surface area (Å²) in [5, 5.41) is 9.80. The highest BCUT2D eigenvalue weighted by atomic mass is 15.0. The number of benzene rings is 13. The van der Waals surface area contributed by atoms with E-state index in [0.717, 1.165) is 11.4 Å². The molecule has 0 N–H and O–H groups in total. The van der Waals surface area contributed by atoms with Crippen molar-refractivity contribution in [2.45, 2.75) is 0 Å². The molecule has 0 saturated heterocycles. The van der Waals surface area contributed by atoms with E-state index in [4.69, 9.17) is 0 Å². The van der Waals surface area contributed by atoms with Crippen LogP contribution in [0.4, 0.5) is 0 Å². The molecular formula is C74H48N2. The molecule has 0 aliphatic carbocycles. The fourth-order valence-corrected chi connectivity index (χ4v) is 12.2. The summed E-state index contributed by atoms with van der Waals surface area (Å²) in [7, 11) is 0. The molecule has 0 aliphatic rings. The van der Waals surface area contributed by atoms with Crippen LogP contribution in [0.1, 0.15) is 0 Å². The van der Waals surface area contributed by atoms with E-state index in [-0.39, 0.29) is 0 Å². The van der Waals surface area contributed by atoms with Crippen molar-refractivity contribution in [3.05, 3.63) is 291 Å². The lowest BCUT2D eigenvalue weighted by molar-refractivity contribution is 1.18. The molecular weight excluding hydrogens is 917 g/mol. The monoisotopic (exact) mass is 964 g/mol. The smallest absolute Gasteiger partial charge is 0.0541 e. The van der Waals surface area contributed by atoms with E-state index in [1.807, 2.05) is 0 Å². The largest absolute Gasteiger partial charge is 0.309 e. The van der Waals surface area contributed by atoms with Crippen molar-refractivity contribution in [1.29, 1.82) is 0 Å². The van der Waals surface area contributed by atoms with Gasteiger partial charge in [-0.1, -0.05) is 206 Å². The topological polar surface area (TPSA) is 9.86 Å². The summed E-state index contributed by atoms with van der Waals surface area (Å²) in [5.74, 6) is 0. The van der Waals surface area contributed by atoms with Crippen LogP contribution in [0.2, 0.25) is 0 Å². The Hall–Kier alpha value is -10.0. The second-order valence-electron chi connectivity index (χ2n) is 20.0. The first-order chi connectivity index (χ1) is 37.7. The highest BCUT2D eigenvalue weighted by Crippen LogP contribution is 2.48. The maximum atomic E-state index is 2.46. The zero-order valence-corrected chi connectivity index (χ0v) is 41.6. The quantitative estimate of drug-likeness (QED) is 0.134. The molecule has 0 saturated carbocycles. The van der Waals surface area contributed by atoms with Crippen molar-refractivity contribution < 1.29 is 0 Å². The number of fused-ring (bicyclic) bond motifs is 8. The van der Waals surface area contributed by atoms with Crippen LogP contribution in [0, 0.1) is 0 Å². The Kier molecular flexibility index (Phi) is 10.2. The lowest BCUT2D eigenvalue weighted by atomic mass is 9.83. The van der Waals surface area contributed by atoms with Crippen LogP contribution >= 0.6 is 0 Å². The summed E-state index contributed by atoms with van der Waals surface area (Å²) in [6, 6.07) is 107. The van der Waals surface area contributed by atoms with Gasteiger partial charge in [-0.2, -0.15) is 0 Å². The van der Waals surface area contributed by atoms with Crippen molar-refractivity contribution in [3.63, 3.8) is 0 Å². The number of hydrogen-bond acceptors (Lipinski definition) is 0. The third-order valence-electron chi connectivity index (χ3n) is 15.7. The Bertz CT molecular complexity index is 4410. The van der Waals surface area contributed by atoms with Crippen LogP contribution in [-0.4, -0.2) is 9.13 Å². The summed E-state index contributed by atoms with van der Waals surface area (Å²) < 4.78 is 4.79. The molecule has 15 rings (SSSR count). The van der Waals surface area contributed by atoms with Gasteiger partial charge in [0.1, 0.15) is 0 Å². The van der Waals surface area contributed by atoms with Crippen molar-refractivity contribution in [2.24, 2.45) is 0 Å². The molecule has 0 bridgehead atoms. The number of hydrogen-bond donors (Lipinski definition) is 0. The minimum absolute atomic E-state index is 1.16. The molecule has 2 nitrogen and oxygen atoms in total. The zero-order valence-electron chi connectivity index (χ0n) is 41.6. The Morgan fingerprint density at radius 2 is 0.461 bits per heavy atom. The SMILES string of the molecule is c1ccc(-c2cccc(-c3c4ccc(-c5ccc6c(c5)c5ccccc5n6-c5ccccc5)cc4c(-c4cccc(-c5ccccc5)c4)c4ccc(-c5ccc6c(c5)c5ccccc5n6-c5ccccc5)cc34)c2)cc1. The van der Waals surface area contributed by atoms with Gasteiger partial charge >= 0.3 is 0 Å². The second-order valence-corrected chi connectivity index (χ2v) is 20.0. The second kappa shape index (κ2) is 17.9. The number of aromatic nitrogens is 2. The zero-order chi connectivity index (χ0) is 50.1. The molecule has 2 heterocycles. The van der Waals surface area contributed by atoms with Crippen LogP contribution in [0.25, 0.3) is 143 Å². The molecule has 0 radical (unpaired) electrons. The highest BCUT2D eigenvalue weighted by molar-refractivity contribution is 6.23. The molecule has 2 aromatic heterocycles. The van der Waals surface area contributed by atoms with E-state index in [2.05, 4.69) is 300 Å². The fourth-order valence-electron chi connectivity index (χ4n) is 12.2. The highest BCUT2D eigenvalue weighted by Gasteiger charge is 2.21. The lowest BCUT2D eigenvalue weighted by Crippen LogP contribution is -1.94. The molecule has 0 atom stereocenters. The average Bonchev–Trinajstić information content (AvgIpc) is 4.07. The van der Waals surface area contributed by atoms with Crippen LogP contribution in [0.3, 0.4) is 0 Å². The van der Waals surface area contributed by atoms with Gasteiger partial charge in [-0.15, -0.1) is 0 Å². The van der Waals surface area contributed by atoms with E-state index < -0.39 is 0 Å². The lowest BCUT2D eigenvalue weighted by Gasteiger charge is -2.20. The summed E-state index contributed by atoms with van der Waals surface area (Å²) in [6.45, 7) is 0. The van der Waals surface area contributed by atoms with Gasteiger partial charge in [-0.05, 0) is 173 Å². The van der Waals surface area contributed by atoms with Gasteiger partial charge in [0.15, 0.2) is 0 Å². The first-order valence-electron chi connectivity index (χ1n) is 26.2. The first-order valence-corrected chi connectivity index (χ1v) is 26.2. The molecule has 2 heteroatoms. The van der Waals surface area contributed by atoms with E-state index in [9.17, 15) is 0 Å². The number of rotatable bonds is 8. The Labute approximate surface area is 441 Å². The first kappa shape index (κ1) is 43.6. The predicted octanol–water partition coefficient (Wildman–Crippen LogP) is 20.2. The van der Waals surface area contributed by atoms with Gasteiger partial charge in [0.05, 0.1) is 22.1 Å². The van der Waals surface area contributed by atoms with Gasteiger partial charge in [-0.3, -0.25) is 0 Å². The molecule has 76 heavy (non-hydrogen) atoms.